The number of pyridine rings is 1. The average molecular weight is 528 g/mol. The minimum atomic E-state index is -4.28. The molecule has 0 atom stereocenters. The second kappa shape index (κ2) is 8.45. The number of alkyl halides is 3. The maximum Gasteiger partial charge on any atom is 0.394 e. The summed E-state index contributed by atoms with van der Waals surface area (Å²) < 4.78 is 47.6. The number of ether oxygens (including phenoxy) is 1. The van der Waals surface area contributed by atoms with E-state index in [4.69, 9.17) is 9.72 Å². The van der Waals surface area contributed by atoms with Crippen molar-refractivity contribution < 1.29 is 17.9 Å². The predicted molar refractivity (Wildman–Crippen MR) is 154 cm³/mol. The fourth-order valence-corrected chi connectivity index (χ4v) is 5.81. The van der Waals surface area contributed by atoms with Crippen molar-refractivity contribution >= 4 is 32.3 Å². The first-order valence-electron chi connectivity index (χ1n) is 13.4. The van der Waals surface area contributed by atoms with Gasteiger partial charge in [-0.1, -0.05) is 76.6 Å². The van der Waals surface area contributed by atoms with Crippen LogP contribution in [-0.4, -0.2) is 11.2 Å². The molecule has 0 N–H and O–H groups in total. The molecule has 0 unspecified atom stereocenters. The third kappa shape index (κ3) is 4.32. The van der Waals surface area contributed by atoms with Gasteiger partial charge in [-0.05, 0) is 75.9 Å². The van der Waals surface area contributed by atoms with Crippen molar-refractivity contribution in [2.24, 2.45) is 10.8 Å². The van der Waals surface area contributed by atoms with Crippen molar-refractivity contribution in [2.75, 3.05) is 0 Å². The molecule has 0 amide bonds. The molecule has 1 aliphatic rings. The zero-order chi connectivity index (χ0) is 27.9. The number of aryl methyl sites for hydroxylation is 1. The predicted octanol–water partition coefficient (Wildman–Crippen LogP) is 10.3. The minimum Gasteiger partial charge on any atom is -0.456 e. The van der Waals surface area contributed by atoms with Gasteiger partial charge in [-0.15, -0.1) is 0 Å². The van der Waals surface area contributed by atoms with E-state index in [1.54, 1.807) is 12.3 Å². The van der Waals surface area contributed by atoms with Gasteiger partial charge in [0.25, 0.3) is 0 Å². The van der Waals surface area contributed by atoms with Crippen molar-refractivity contribution in [3.05, 3.63) is 77.5 Å². The molecule has 0 radical (unpaired) electrons. The highest BCUT2D eigenvalue weighted by molar-refractivity contribution is 6.16. The molecule has 4 aromatic carbocycles. The summed E-state index contributed by atoms with van der Waals surface area (Å²) in [4.78, 5) is 4.84. The van der Waals surface area contributed by atoms with Crippen molar-refractivity contribution in [3.63, 3.8) is 0 Å². The molecule has 0 bridgehead atoms. The zero-order valence-electron chi connectivity index (χ0n) is 23.2. The Hall–Kier alpha value is -3.60. The van der Waals surface area contributed by atoms with Crippen molar-refractivity contribution in [2.45, 2.75) is 60.6 Å². The number of benzene rings is 4. The average Bonchev–Trinajstić information content (AvgIpc) is 2.83. The van der Waals surface area contributed by atoms with E-state index in [0.717, 1.165) is 56.1 Å². The number of halogens is 3. The summed E-state index contributed by atoms with van der Waals surface area (Å²) in [6.45, 7) is 11.3. The fourth-order valence-electron chi connectivity index (χ4n) is 5.81. The summed E-state index contributed by atoms with van der Waals surface area (Å²) in [5, 5.41) is 6.01. The Balaban J connectivity index is 1.60. The standard InChI is InChI=1S/C34H32F3NO/c1-19-7-10-23-22(13-19)15-26-30-29-24(11-12-38-30)25-14-20(17-33(5,6)34(35,36)37)8-9-21(25)16-28(29)39-31(26)27(23)18-32(2,3)4/h7-16H,17-18H2,1-6H3. The molecule has 39 heavy (non-hydrogen) atoms. The quantitative estimate of drug-likeness (QED) is 0.214. The van der Waals surface area contributed by atoms with E-state index in [0.29, 0.717) is 5.56 Å². The third-order valence-electron chi connectivity index (χ3n) is 7.83. The van der Waals surface area contributed by atoms with Gasteiger partial charge in [-0.3, -0.25) is 4.98 Å². The highest BCUT2D eigenvalue weighted by Crippen LogP contribution is 2.52. The monoisotopic (exact) mass is 527 g/mol. The van der Waals surface area contributed by atoms with Crippen LogP contribution in [0.3, 0.4) is 0 Å². The van der Waals surface area contributed by atoms with Crippen LogP contribution in [-0.2, 0) is 12.8 Å². The van der Waals surface area contributed by atoms with Gasteiger partial charge in [-0.25, -0.2) is 0 Å². The number of fused-ring (bicyclic) bond motifs is 5. The smallest absolute Gasteiger partial charge is 0.394 e. The van der Waals surface area contributed by atoms with Gasteiger partial charge in [0.1, 0.15) is 11.5 Å². The Labute approximate surface area is 226 Å². The zero-order valence-corrected chi connectivity index (χ0v) is 23.2. The van der Waals surface area contributed by atoms with Crippen LogP contribution >= 0.6 is 0 Å². The van der Waals surface area contributed by atoms with Crippen molar-refractivity contribution in [3.8, 4) is 22.8 Å². The SMILES string of the molecule is Cc1ccc2c(CC(C)(C)C)c3c(cc2c1)-c1nccc2c1c(cc1ccc(CC(C)(C)C(F)(F)F)cc12)O3. The van der Waals surface area contributed by atoms with E-state index in [1.165, 1.54) is 30.4 Å². The van der Waals surface area contributed by atoms with Crippen molar-refractivity contribution in [1.29, 1.82) is 0 Å². The lowest BCUT2D eigenvalue weighted by molar-refractivity contribution is -0.211. The van der Waals surface area contributed by atoms with Crippen LogP contribution in [0.1, 0.15) is 51.3 Å². The van der Waals surface area contributed by atoms with Gasteiger partial charge in [0.2, 0.25) is 0 Å². The van der Waals surface area contributed by atoms with Gasteiger partial charge in [0.05, 0.1) is 16.5 Å². The molecule has 2 nitrogen and oxygen atoms in total. The molecule has 1 aliphatic heterocycles. The highest BCUT2D eigenvalue weighted by atomic mass is 19.4. The summed E-state index contributed by atoms with van der Waals surface area (Å²) in [5.74, 6) is 1.58. The number of rotatable bonds is 3. The lowest BCUT2D eigenvalue weighted by Crippen LogP contribution is -2.34. The third-order valence-corrected chi connectivity index (χ3v) is 7.83. The van der Waals surface area contributed by atoms with Gasteiger partial charge in [0, 0.05) is 17.3 Å². The normalized spacial score (nSPS) is 13.7. The molecule has 0 aliphatic carbocycles. The Bertz CT molecular complexity index is 1790. The van der Waals surface area contributed by atoms with Crippen LogP contribution in [0.4, 0.5) is 13.2 Å². The van der Waals surface area contributed by atoms with Crippen LogP contribution in [0.15, 0.2) is 60.8 Å². The molecular weight excluding hydrogens is 495 g/mol. The van der Waals surface area contributed by atoms with E-state index >= 15 is 0 Å². The van der Waals surface area contributed by atoms with Crippen LogP contribution in [0.2, 0.25) is 0 Å². The topological polar surface area (TPSA) is 22.1 Å². The van der Waals surface area contributed by atoms with Crippen LogP contribution in [0.5, 0.6) is 11.5 Å². The molecule has 0 saturated carbocycles. The maximum absolute atomic E-state index is 13.6. The summed E-state index contributed by atoms with van der Waals surface area (Å²) in [5.41, 5.74) is 3.05. The first-order chi connectivity index (χ1) is 18.2. The number of hydrogen-bond acceptors (Lipinski definition) is 2. The minimum absolute atomic E-state index is 0.0417. The molecule has 1 aromatic heterocycles. The molecule has 0 spiro atoms. The Morgan fingerprint density at radius 1 is 0.769 bits per heavy atom. The van der Waals surface area contributed by atoms with Crippen molar-refractivity contribution in [1.82, 2.24) is 4.98 Å². The Morgan fingerprint density at radius 2 is 1.54 bits per heavy atom. The molecule has 200 valence electrons. The second-order valence-corrected chi connectivity index (χ2v) is 12.9. The number of aromatic nitrogens is 1. The first kappa shape index (κ1) is 25.7. The molecule has 0 fully saturated rings. The van der Waals surface area contributed by atoms with E-state index < -0.39 is 11.6 Å². The second-order valence-electron chi connectivity index (χ2n) is 12.9. The molecule has 0 saturated heterocycles. The first-order valence-corrected chi connectivity index (χ1v) is 13.4. The van der Waals surface area contributed by atoms with E-state index in [9.17, 15) is 13.2 Å². The highest BCUT2D eigenvalue weighted by Gasteiger charge is 2.47. The fraction of sp³-hybridized carbons (Fsp3) is 0.324. The Kier molecular flexibility index (Phi) is 5.56. The number of hydrogen-bond donors (Lipinski definition) is 0. The largest absolute Gasteiger partial charge is 0.456 e. The summed E-state index contributed by atoms with van der Waals surface area (Å²) >= 11 is 0. The van der Waals surface area contributed by atoms with E-state index in [-0.39, 0.29) is 11.8 Å². The summed E-state index contributed by atoms with van der Waals surface area (Å²) in [6.07, 6.45) is -1.73. The van der Waals surface area contributed by atoms with Gasteiger partial charge in [-0.2, -0.15) is 13.2 Å². The van der Waals surface area contributed by atoms with Crippen LogP contribution in [0.25, 0.3) is 43.6 Å². The van der Waals surface area contributed by atoms with Gasteiger partial charge < -0.3 is 4.74 Å². The molecule has 5 aromatic rings. The number of nitrogens with zero attached hydrogens (tertiary/aromatic N) is 1. The lowest BCUT2D eigenvalue weighted by Gasteiger charge is -2.28. The van der Waals surface area contributed by atoms with E-state index in [2.05, 4.69) is 52.0 Å². The van der Waals surface area contributed by atoms with E-state index in [1.807, 2.05) is 24.3 Å². The van der Waals surface area contributed by atoms with Gasteiger partial charge in [0.15, 0.2) is 0 Å². The molecule has 2 heterocycles. The molecular formula is C34H32F3NO. The summed E-state index contributed by atoms with van der Waals surface area (Å²) in [6, 6.07) is 18.2. The molecule has 6 rings (SSSR count). The lowest BCUT2D eigenvalue weighted by atomic mass is 9.82. The van der Waals surface area contributed by atoms with Crippen LogP contribution in [0, 0.1) is 17.8 Å². The maximum atomic E-state index is 13.6. The van der Waals surface area contributed by atoms with Gasteiger partial charge >= 0.3 is 6.18 Å². The van der Waals surface area contributed by atoms with Crippen LogP contribution < -0.4 is 4.74 Å². The summed E-state index contributed by atoms with van der Waals surface area (Å²) in [7, 11) is 0. The Morgan fingerprint density at radius 3 is 2.26 bits per heavy atom. The molecule has 5 heteroatoms.